The van der Waals surface area contributed by atoms with E-state index in [1.807, 2.05) is 6.07 Å². The van der Waals surface area contributed by atoms with E-state index in [1.54, 1.807) is 25.1 Å². The summed E-state index contributed by atoms with van der Waals surface area (Å²) in [5, 5.41) is 20.6. The number of hydrogen-bond acceptors (Lipinski definition) is 3. The minimum atomic E-state index is -0.957. The molecule has 1 unspecified atom stereocenters. The van der Waals surface area contributed by atoms with Gasteiger partial charge in [0.15, 0.2) is 0 Å². The number of nitrogens with one attached hydrogen (secondary N) is 1. The maximum absolute atomic E-state index is 12.2. The normalized spacial score (nSPS) is 11.3. The van der Waals surface area contributed by atoms with Gasteiger partial charge in [0.05, 0.1) is 17.2 Å². The molecule has 0 aromatic heterocycles. The zero-order valence-electron chi connectivity index (χ0n) is 11.8. The van der Waals surface area contributed by atoms with Crippen LogP contribution in [0.4, 0.5) is 10.5 Å². The largest absolute Gasteiger partial charge is 0.481 e. The molecule has 2 amide bonds. The Kier molecular flexibility index (Phi) is 6.18. The number of anilines is 1. The summed E-state index contributed by atoms with van der Waals surface area (Å²) in [6.45, 7) is 3.78. The molecule has 0 saturated heterocycles. The van der Waals surface area contributed by atoms with Crippen molar-refractivity contribution < 1.29 is 14.7 Å². The van der Waals surface area contributed by atoms with E-state index in [-0.39, 0.29) is 6.54 Å². The lowest BCUT2D eigenvalue weighted by Gasteiger charge is -2.23. The minimum absolute atomic E-state index is 0.105. The van der Waals surface area contributed by atoms with Crippen LogP contribution in [0.25, 0.3) is 0 Å². The number of nitrogens with zero attached hydrogens (tertiary/aromatic N) is 2. The van der Waals surface area contributed by atoms with E-state index in [9.17, 15) is 9.59 Å². The van der Waals surface area contributed by atoms with Crippen molar-refractivity contribution in [2.24, 2.45) is 5.92 Å². The predicted molar refractivity (Wildman–Crippen MR) is 81.9 cm³/mol. The van der Waals surface area contributed by atoms with Crippen LogP contribution in [-0.4, -0.2) is 35.1 Å². The molecule has 0 fully saturated rings. The summed E-state index contributed by atoms with van der Waals surface area (Å²) >= 11 is 3.28. The lowest BCUT2D eigenvalue weighted by atomic mass is 10.1. The fourth-order valence-electron chi connectivity index (χ4n) is 1.68. The highest BCUT2D eigenvalue weighted by Gasteiger charge is 2.20. The lowest BCUT2D eigenvalue weighted by Crippen LogP contribution is -2.39. The van der Waals surface area contributed by atoms with Gasteiger partial charge in [-0.25, -0.2) is 4.79 Å². The number of rotatable bonds is 5. The first kappa shape index (κ1) is 17.0. The van der Waals surface area contributed by atoms with Gasteiger partial charge in [0.2, 0.25) is 0 Å². The highest BCUT2D eigenvalue weighted by atomic mass is 79.9. The topological polar surface area (TPSA) is 93.4 Å². The van der Waals surface area contributed by atoms with Crippen LogP contribution in [-0.2, 0) is 4.79 Å². The molecular formula is C14H16BrN3O3. The highest BCUT2D eigenvalue weighted by Crippen LogP contribution is 2.21. The summed E-state index contributed by atoms with van der Waals surface area (Å²) in [5.74, 6) is -1.62. The second-order valence-corrected chi connectivity index (χ2v) is 5.43. The molecule has 0 bridgehead atoms. The first-order valence-corrected chi connectivity index (χ1v) is 7.16. The molecule has 1 aromatic carbocycles. The molecule has 0 aliphatic rings. The number of hydrogen-bond donors (Lipinski definition) is 2. The van der Waals surface area contributed by atoms with Crippen molar-refractivity contribution >= 4 is 33.6 Å². The van der Waals surface area contributed by atoms with Crippen molar-refractivity contribution in [1.29, 1.82) is 5.26 Å². The molecule has 1 atom stereocenters. The molecule has 1 aromatic rings. The molecule has 0 heterocycles. The SMILES string of the molecule is CCN(CC(C)C(=O)O)C(=O)Nc1cc(Br)ccc1C#N. The van der Waals surface area contributed by atoms with Gasteiger partial charge in [-0.3, -0.25) is 4.79 Å². The van der Waals surface area contributed by atoms with Gasteiger partial charge in [-0.1, -0.05) is 22.9 Å². The van der Waals surface area contributed by atoms with Crippen molar-refractivity contribution in [3.63, 3.8) is 0 Å². The number of carboxylic acids is 1. The second-order valence-electron chi connectivity index (χ2n) is 4.51. The van der Waals surface area contributed by atoms with Gasteiger partial charge >= 0.3 is 12.0 Å². The van der Waals surface area contributed by atoms with Gasteiger partial charge in [0.25, 0.3) is 0 Å². The van der Waals surface area contributed by atoms with E-state index in [2.05, 4.69) is 21.2 Å². The van der Waals surface area contributed by atoms with Crippen molar-refractivity contribution in [3.05, 3.63) is 28.2 Å². The number of nitriles is 1. The lowest BCUT2D eigenvalue weighted by molar-refractivity contribution is -0.141. The maximum atomic E-state index is 12.2. The number of carbonyl (C=O) groups is 2. The van der Waals surface area contributed by atoms with E-state index in [0.717, 1.165) is 4.47 Å². The molecule has 1 rings (SSSR count). The summed E-state index contributed by atoms with van der Waals surface area (Å²) in [5.41, 5.74) is 0.729. The molecule has 0 spiro atoms. The maximum Gasteiger partial charge on any atom is 0.321 e. The number of urea groups is 1. The summed E-state index contributed by atoms with van der Waals surface area (Å²) < 4.78 is 0.735. The zero-order chi connectivity index (χ0) is 16.0. The van der Waals surface area contributed by atoms with E-state index in [0.29, 0.717) is 17.8 Å². The zero-order valence-corrected chi connectivity index (χ0v) is 13.3. The van der Waals surface area contributed by atoms with Crippen LogP contribution in [0.5, 0.6) is 0 Å². The fourth-order valence-corrected chi connectivity index (χ4v) is 2.04. The fraction of sp³-hybridized carbons (Fsp3) is 0.357. The predicted octanol–water partition coefficient (Wildman–Crippen LogP) is 2.90. The van der Waals surface area contributed by atoms with Gasteiger partial charge in [-0.2, -0.15) is 5.26 Å². The molecule has 0 aliphatic heterocycles. The number of amides is 2. The Hall–Kier alpha value is -2.07. The Labute approximate surface area is 131 Å². The van der Waals surface area contributed by atoms with Crippen LogP contribution in [0.3, 0.4) is 0 Å². The van der Waals surface area contributed by atoms with Crippen LogP contribution in [0.15, 0.2) is 22.7 Å². The van der Waals surface area contributed by atoms with E-state index >= 15 is 0 Å². The number of carbonyl (C=O) groups excluding carboxylic acids is 1. The molecule has 2 N–H and O–H groups in total. The van der Waals surface area contributed by atoms with Crippen LogP contribution in [0.1, 0.15) is 19.4 Å². The summed E-state index contributed by atoms with van der Waals surface area (Å²) in [6.07, 6.45) is 0. The summed E-state index contributed by atoms with van der Waals surface area (Å²) in [4.78, 5) is 24.4. The van der Waals surface area contributed by atoms with Crippen LogP contribution < -0.4 is 5.32 Å². The van der Waals surface area contributed by atoms with E-state index < -0.39 is 17.9 Å². The standard InChI is InChI=1S/C14H16BrN3O3/c1-3-18(8-9(2)13(19)20)14(21)17-12-6-11(15)5-4-10(12)7-16/h4-6,9H,3,8H2,1-2H3,(H,17,21)(H,19,20). The van der Waals surface area contributed by atoms with E-state index in [1.165, 1.54) is 11.8 Å². The van der Waals surface area contributed by atoms with Crippen LogP contribution >= 0.6 is 15.9 Å². The summed E-state index contributed by atoms with van der Waals surface area (Å²) in [6, 6.07) is 6.50. The van der Waals surface area contributed by atoms with Gasteiger partial charge in [0.1, 0.15) is 6.07 Å². The molecule has 6 nitrogen and oxygen atoms in total. The smallest absolute Gasteiger partial charge is 0.321 e. The number of aliphatic carboxylic acids is 1. The molecule has 0 aliphatic carbocycles. The van der Waals surface area contributed by atoms with Crippen LogP contribution in [0.2, 0.25) is 0 Å². The van der Waals surface area contributed by atoms with Crippen molar-refractivity contribution in [2.45, 2.75) is 13.8 Å². The molecular weight excluding hydrogens is 338 g/mol. The second kappa shape index (κ2) is 7.64. The third-order valence-electron chi connectivity index (χ3n) is 2.93. The molecule has 112 valence electrons. The van der Waals surface area contributed by atoms with Gasteiger partial charge < -0.3 is 15.3 Å². The molecule has 7 heteroatoms. The number of carboxylic acid groups (broad SMARTS) is 1. The van der Waals surface area contributed by atoms with Gasteiger partial charge in [-0.05, 0) is 25.1 Å². The Morgan fingerprint density at radius 1 is 1.52 bits per heavy atom. The van der Waals surface area contributed by atoms with Crippen molar-refractivity contribution in [2.75, 3.05) is 18.4 Å². The highest BCUT2D eigenvalue weighted by molar-refractivity contribution is 9.10. The Bertz CT molecular complexity index is 583. The number of benzene rings is 1. The monoisotopic (exact) mass is 353 g/mol. The molecule has 0 saturated carbocycles. The van der Waals surface area contributed by atoms with Gasteiger partial charge in [0, 0.05) is 17.6 Å². The first-order chi connectivity index (χ1) is 9.88. The average Bonchev–Trinajstić information content (AvgIpc) is 2.44. The molecule has 21 heavy (non-hydrogen) atoms. The van der Waals surface area contributed by atoms with Crippen molar-refractivity contribution in [1.82, 2.24) is 4.90 Å². The first-order valence-electron chi connectivity index (χ1n) is 6.37. The Morgan fingerprint density at radius 2 is 2.19 bits per heavy atom. The van der Waals surface area contributed by atoms with Crippen molar-refractivity contribution in [3.8, 4) is 6.07 Å². The van der Waals surface area contributed by atoms with Gasteiger partial charge in [-0.15, -0.1) is 0 Å². The summed E-state index contributed by atoms with van der Waals surface area (Å²) in [7, 11) is 0. The third-order valence-corrected chi connectivity index (χ3v) is 3.42. The molecule has 0 radical (unpaired) electrons. The third kappa shape index (κ3) is 4.76. The minimum Gasteiger partial charge on any atom is -0.481 e. The average molecular weight is 354 g/mol. The Balaban J connectivity index is 2.86. The van der Waals surface area contributed by atoms with Crippen LogP contribution in [0, 0.1) is 17.2 Å². The van der Waals surface area contributed by atoms with E-state index in [4.69, 9.17) is 10.4 Å². The number of halogens is 1. The Morgan fingerprint density at radius 3 is 2.71 bits per heavy atom. The quantitative estimate of drug-likeness (QED) is 0.850.